The van der Waals surface area contributed by atoms with Crippen molar-refractivity contribution in [2.24, 2.45) is 0 Å². The van der Waals surface area contributed by atoms with Gasteiger partial charge in [-0.1, -0.05) is 42.1 Å². The number of nitrogens with zero attached hydrogens (tertiary/aromatic N) is 2. The Kier molecular flexibility index (Phi) is 3.93. The van der Waals surface area contributed by atoms with Crippen LogP contribution in [0.15, 0.2) is 64.5 Å². The molecular formula is C16H12N2O3S. The molecule has 0 fully saturated rings. The van der Waals surface area contributed by atoms with E-state index in [0.29, 0.717) is 21.7 Å². The molecule has 0 aliphatic rings. The lowest BCUT2D eigenvalue weighted by molar-refractivity contribution is -0.133. The minimum Gasteiger partial charge on any atom is -0.481 e. The molecule has 2 aromatic carbocycles. The summed E-state index contributed by atoms with van der Waals surface area (Å²) in [6.45, 7) is 0. The highest BCUT2D eigenvalue weighted by Crippen LogP contribution is 2.20. The molecular weight excluding hydrogens is 300 g/mol. The Labute approximate surface area is 130 Å². The largest absolute Gasteiger partial charge is 0.481 e. The third-order valence-corrected chi connectivity index (χ3v) is 4.01. The van der Waals surface area contributed by atoms with Crippen LogP contribution in [-0.2, 0) is 4.79 Å². The van der Waals surface area contributed by atoms with Gasteiger partial charge >= 0.3 is 5.97 Å². The van der Waals surface area contributed by atoms with Gasteiger partial charge in [-0.05, 0) is 24.3 Å². The van der Waals surface area contributed by atoms with Crippen molar-refractivity contribution in [2.75, 3.05) is 5.75 Å². The number of hydrogen-bond acceptors (Lipinski definition) is 4. The molecule has 1 aromatic heterocycles. The smallest absolute Gasteiger partial charge is 0.313 e. The predicted octanol–water partition coefficient (Wildman–Crippen LogP) is 2.56. The zero-order chi connectivity index (χ0) is 15.5. The van der Waals surface area contributed by atoms with Crippen LogP contribution in [0.25, 0.3) is 16.6 Å². The number of benzene rings is 2. The predicted molar refractivity (Wildman–Crippen MR) is 85.7 cm³/mol. The van der Waals surface area contributed by atoms with Gasteiger partial charge in [0.15, 0.2) is 5.16 Å². The summed E-state index contributed by atoms with van der Waals surface area (Å²) in [6, 6.07) is 16.1. The lowest BCUT2D eigenvalue weighted by Gasteiger charge is -2.12. The third kappa shape index (κ3) is 2.73. The molecule has 0 spiro atoms. The maximum Gasteiger partial charge on any atom is 0.313 e. The van der Waals surface area contributed by atoms with Crippen LogP contribution in [0.1, 0.15) is 0 Å². The van der Waals surface area contributed by atoms with Crippen molar-refractivity contribution in [1.82, 2.24) is 9.55 Å². The van der Waals surface area contributed by atoms with Gasteiger partial charge in [0.1, 0.15) is 0 Å². The molecule has 0 bridgehead atoms. The third-order valence-electron chi connectivity index (χ3n) is 3.08. The number of aromatic nitrogens is 2. The molecule has 3 aromatic rings. The fraction of sp³-hybridized carbons (Fsp3) is 0.0625. The van der Waals surface area contributed by atoms with Crippen molar-refractivity contribution >= 4 is 28.6 Å². The van der Waals surface area contributed by atoms with Crippen LogP contribution in [0.2, 0.25) is 0 Å². The average molecular weight is 312 g/mol. The molecule has 3 rings (SSSR count). The number of carboxylic acids is 1. The van der Waals surface area contributed by atoms with Crippen LogP contribution in [-0.4, -0.2) is 26.4 Å². The minimum absolute atomic E-state index is 0.155. The van der Waals surface area contributed by atoms with Gasteiger partial charge in [0.05, 0.1) is 22.3 Å². The summed E-state index contributed by atoms with van der Waals surface area (Å²) in [7, 11) is 0. The Morgan fingerprint density at radius 2 is 1.77 bits per heavy atom. The first kappa shape index (κ1) is 14.3. The van der Waals surface area contributed by atoms with E-state index in [9.17, 15) is 9.59 Å². The van der Waals surface area contributed by atoms with Gasteiger partial charge in [-0.25, -0.2) is 4.98 Å². The highest BCUT2D eigenvalue weighted by atomic mass is 32.2. The highest BCUT2D eigenvalue weighted by molar-refractivity contribution is 7.99. The van der Waals surface area contributed by atoms with Gasteiger partial charge in [-0.3, -0.25) is 14.2 Å². The van der Waals surface area contributed by atoms with Gasteiger partial charge in [-0.15, -0.1) is 0 Å². The second-order valence-electron chi connectivity index (χ2n) is 4.57. The van der Waals surface area contributed by atoms with E-state index < -0.39 is 5.97 Å². The molecule has 110 valence electrons. The number of carbonyl (C=O) groups is 1. The summed E-state index contributed by atoms with van der Waals surface area (Å²) in [5.41, 5.74) is 1.02. The second kappa shape index (κ2) is 6.03. The number of rotatable bonds is 4. The normalized spacial score (nSPS) is 10.7. The van der Waals surface area contributed by atoms with Crippen molar-refractivity contribution in [3.8, 4) is 5.69 Å². The first-order chi connectivity index (χ1) is 10.7. The molecule has 0 atom stereocenters. The highest BCUT2D eigenvalue weighted by Gasteiger charge is 2.13. The van der Waals surface area contributed by atoms with E-state index in [0.717, 1.165) is 11.8 Å². The topological polar surface area (TPSA) is 72.2 Å². The number of para-hydroxylation sites is 2. The molecule has 0 amide bonds. The molecule has 1 heterocycles. The molecule has 6 heteroatoms. The maximum absolute atomic E-state index is 12.8. The van der Waals surface area contributed by atoms with Crippen LogP contribution in [0.3, 0.4) is 0 Å². The maximum atomic E-state index is 12.8. The number of thioether (sulfide) groups is 1. The van der Waals surface area contributed by atoms with E-state index in [1.807, 2.05) is 18.2 Å². The Balaban J connectivity index is 2.26. The fourth-order valence-corrected chi connectivity index (χ4v) is 2.87. The molecule has 0 unspecified atom stereocenters. The van der Waals surface area contributed by atoms with Crippen LogP contribution in [0, 0.1) is 0 Å². The molecule has 5 nitrogen and oxygen atoms in total. The van der Waals surface area contributed by atoms with E-state index >= 15 is 0 Å². The zero-order valence-electron chi connectivity index (χ0n) is 11.5. The fourth-order valence-electron chi connectivity index (χ4n) is 2.14. The van der Waals surface area contributed by atoms with Crippen LogP contribution in [0.4, 0.5) is 0 Å². The molecule has 0 radical (unpaired) electrons. The van der Waals surface area contributed by atoms with E-state index in [1.54, 1.807) is 36.4 Å². The summed E-state index contributed by atoms with van der Waals surface area (Å²) in [4.78, 5) is 28.0. The molecule has 0 saturated heterocycles. The van der Waals surface area contributed by atoms with Crippen molar-refractivity contribution in [3.05, 3.63) is 65.0 Å². The average Bonchev–Trinajstić information content (AvgIpc) is 2.54. The van der Waals surface area contributed by atoms with E-state index in [2.05, 4.69) is 4.98 Å². The van der Waals surface area contributed by atoms with Crippen molar-refractivity contribution < 1.29 is 9.90 Å². The lowest BCUT2D eigenvalue weighted by Crippen LogP contribution is -2.22. The van der Waals surface area contributed by atoms with E-state index in [4.69, 9.17) is 5.11 Å². The Hall–Kier alpha value is -2.60. The molecule has 0 aliphatic heterocycles. The van der Waals surface area contributed by atoms with E-state index in [-0.39, 0.29) is 11.3 Å². The number of carboxylic acid groups (broad SMARTS) is 1. The zero-order valence-corrected chi connectivity index (χ0v) is 12.3. The van der Waals surface area contributed by atoms with Crippen molar-refractivity contribution in [1.29, 1.82) is 0 Å². The van der Waals surface area contributed by atoms with Gasteiger partial charge in [0.2, 0.25) is 0 Å². The Morgan fingerprint density at radius 1 is 1.09 bits per heavy atom. The summed E-state index contributed by atoms with van der Waals surface area (Å²) in [5.74, 6) is -1.11. The first-order valence-corrected chi connectivity index (χ1v) is 7.57. The summed E-state index contributed by atoms with van der Waals surface area (Å²) >= 11 is 1.03. The first-order valence-electron chi connectivity index (χ1n) is 6.58. The summed E-state index contributed by atoms with van der Waals surface area (Å²) < 4.78 is 1.45. The van der Waals surface area contributed by atoms with Crippen LogP contribution in [0.5, 0.6) is 0 Å². The van der Waals surface area contributed by atoms with Crippen LogP contribution < -0.4 is 5.56 Å². The second-order valence-corrected chi connectivity index (χ2v) is 5.51. The van der Waals surface area contributed by atoms with Crippen molar-refractivity contribution in [3.63, 3.8) is 0 Å². The minimum atomic E-state index is -0.952. The van der Waals surface area contributed by atoms with Crippen LogP contribution >= 0.6 is 11.8 Å². The van der Waals surface area contributed by atoms with Gasteiger partial charge in [-0.2, -0.15) is 0 Å². The van der Waals surface area contributed by atoms with Crippen molar-refractivity contribution in [2.45, 2.75) is 5.16 Å². The molecule has 22 heavy (non-hydrogen) atoms. The van der Waals surface area contributed by atoms with Gasteiger partial charge < -0.3 is 5.11 Å². The number of aliphatic carboxylic acids is 1. The molecule has 1 N–H and O–H groups in total. The SMILES string of the molecule is O=C(O)CSc1nc2ccccc2c(=O)n1-c1ccccc1. The van der Waals surface area contributed by atoms with Gasteiger partial charge in [0, 0.05) is 0 Å². The summed E-state index contributed by atoms with van der Waals surface area (Å²) in [5, 5.41) is 9.76. The molecule has 0 aliphatic carbocycles. The number of fused-ring (bicyclic) bond motifs is 1. The quantitative estimate of drug-likeness (QED) is 0.592. The monoisotopic (exact) mass is 312 g/mol. The standard InChI is InChI=1S/C16H12N2O3S/c19-14(20)10-22-16-17-13-9-5-4-8-12(13)15(21)18(16)11-6-2-1-3-7-11/h1-9H,10H2,(H,19,20). The summed E-state index contributed by atoms with van der Waals surface area (Å²) in [6.07, 6.45) is 0. The Morgan fingerprint density at radius 3 is 2.50 bits per heavy atom. The Bertz CT molecular complexity index is 891. The van der Waals surface area contributed by atoms with Gasteiger partial charge in [0.25, 0.3) is 5.56 Å². The van der Waals surface area contributed by atoms with E-state index in [1.165, 1.54) is 4.57 Å². The molecule has 0 saturated carbocycles. The lowest BCUT2D eigenvalue weighted by atomic mass is 10.2. The number of hydrogen-bond donors (Lipinski definition) is 1.